The highest BCUT2D eigenvalue weighted by atomic mass is 16.4. The van der Waals surface area contributed by atoms with Gasteiger partial charge in [-0.1, -0.05) is 27.7 Å². The van der Waals surface area contributed by atoms with Crippen molar-refractivity contribution in [3.8, 4) is 0 Å². The summed E-state index contributed by atoms with van der Waals surface area (Å²) in [5.74, 6) is -0.929. The number of carboxylic acids is 1. The first-order valence-corrected chi connectivity index (χ1v) is 4.85. The predicted molar refractivity (Wildman–Crippen MR) is 51.6 cm³/mol. The van der Waals surface area contributed by atoms with Crippen molar-refractivity contribution < 1.29 is 14.3 Å². The molecule has 1 aromatic heterocycles. The van der Waals surface area contributed by atoms with Gasteiger partial charge in [-0.2, -0.15) is 0 Å². The number of nitrogens with zero attached hydrogens (tertiary/aromatic N) is 2. The third kappa shape index (κ3) is 1.19. The Morgan fingerprint density at radius 2 is 1.80 bits per heavy atom. The predicted octanol–water partition coefficient (Wildman–Crippen LogP) is 1.92. The minimum atomic E-state index is -1.18. The Bertz CT molecular complexity index is 406. The lowest BCUT2D eigenvalue weighted by atomic mass is 10.0. The van der Waals surface area contributed by atoms with E-state index in [0.29, 0.717) is 5.89 Å². The minimum absolute atomic E-state index is 0.0787. The van der Waals surface area contributed by atoms with Crippen LogP contribution in [0, 0.1) is 10.8 Å². The van der Waals surface area contributed by atoms with Crippen molar-refractivity contribution in [3.05, 3.63) is 11.8 Å². The molecule has 0 bridgehead atoms. The molecule has 1 heterocycles. The lowest BCUT2D eigenvalue weighted by molar-refractivity contribution is 0.0651. The molecular weight excluding hydrogens is 196 g/mol. The van der Waals surface area contributed by atoms with E-state index in [1.54, 1.807) is 0 Å². The monoisotopic (exact) mass is 210 g/mol. The SMILES string of the molecule is CC1(C)C(c2nnc(C(=O)O)o2)C1(C)C. The fourth-order valence-electron chi connectivity index (χ4n) is 2.25. The molecule has 1 saturated carbocycles. The summed E-state index contributed by atoms with van der Waals surface area (Å²) in [6.07, 6.45) is 0. The van der Waals surface area contributed by atoms with Gasteiger partial charge in [0.15, 0.2) is 0 Å². The molecule has 1 aliphatic carbocycles. The van der Waals surface area contributed by atoms with Gasteiger partial charge in [-0.3, -0.25) is 0 Å². The van der Waals surface area contributed by atoms with E-state index in [1.165, 1.54) is 0 Å². The molecule has 5 heteroatoms. The van der Waals surface area contributed by atoms with Crippen molar-refractivity contribution >= 4 is 5.97 Å². The van der Waals surface area contributed by atoms with E-state index < -0.39 is 5.97 Å². The van der Waals surface area contributed by atoms with Gasteiger partial charge in [-0.25, -0.2) is 4.79 Å². The van der Waals surface area contributed by atoms with Gasteiger partial charge in [0.2, 0.25) is 5.89 Å². The van der Waals surface area contributed by atoms with Crippen molar-refractivity contribution in [1.29, 1.82) is 0 Å². The summed E-state index contributed by atoms with van der Waals surface area (Å²) in [6.45, 7) is 8.45. The molecule has 5 nitrogen and oxygen atoms in total. The molecule has 0 aromatic carbocycles. The maximum absolute atomic E-state index is 10.6. The number of aromatic carboxylic acids is 1. The molecule has 1 aromatic rings. The maximum Gasteiger partial charge on any atom is 0.393 e. The van der Waals surface area contributed by atoms with Gasteiger partial charge in [0.1, 0.15) is 0 Å². The fourth-order valence-corrected chi connectivity index (χ4v) is 2.25. The third-order valence-corrected chi connectivity index (χ3v) is 3.89. The third-order valence-electron chi connectivity index (χ3n) is 3.89. The lowest BCUT2D eigenvalue weighted by Crippen LogP contribution is -1.95. The molecular formula is C10H14N2O3. The van der Waals surface area contributed by atoms with Gasteiger partial charge in [0, 0.05) is 5.92 Å². The summed E-state index contributed by atoms with van der Waals surface area (Å²) in [6, 6.07) is 0. The second-order valence-electron chi connectivity index (χ2n) is 5.13. The summed E-state index contributed by atoms with van der Waals surface area (Å²) in [7, 11) is 0. The van der Waals surface area contributed by atoms with Crippen LogP contribution in [0.1, 0.15) is 50.2 Å². The average Bonchev–Trinajstić information content (AvgIpc) is 2.52. The molecule has 1 fully saturated rings. The molecule has 0 aliphatic heterocycles. The van der Waals surface area contributed by atoms with Gasteiger partial charge in [0.25, 0.3) is 0 Å². The highest BCUT2D eigenvalue weighted by Gasteiger charge is 2.67. The zero-order valence-electron chi connectivity index (χ0n) is 9.24. The number of hydrogen-bond donors (Lipinski definition) is 1. The topological polar surface area (TPSA) is 76.2 Å². The van der Waals surface area contributed by atoms with Gasteiger partial charge in [-0.05, 0) is 10.8 Å². The second kappa shape index (κ2) is 2.59. The fraction of sp³-hybridized carbons (Fsp3) is 0.700. The number of carboxylic acid groups (broad SMARTS) is 1. The molecule has 0 amide bonds. The van der Waals surface area contributed by atoms with Gasteiger partial charge >= 0.3 is 11.9 Å². The normalized spacial score (nSPS) is 22.7. The summed E-state index contributed by atoms with van der Waals surface area (Å²) in [5, 5.41) is 15.9. The molecule has 1 N–H and O–H groups in total. The Morgan fingerprint density at radius 1 is 1.27 bits per heavy atom. The highest BCUT2D eigenvalue weighted by molar-refractivity contribution is 5.81. The Morgan fingerprint density at radius 3 is 2.13 bits per heavy atom. The molecule has 2 rings (SSSR count). The molecule has 0 atom stereocenters. The van der Waals surface area contributed by atoms with Gasteiger partial charge < -0.3 is 9.52 Å². The standard InChI is InChI=1S/C10H14N2O3/c1-9(2)5(10(9,3)4)6-11-12-7(15-6)8(13)14/h5H,1-4H3,(H,13,14). The summed E-state index contributed by atoms with van der Waals surface area (Å²) >= 11 is 0. The molecule has 0 saturated heterocycles. The summed E-state index contributed by atoms with van der Waals surface area (Å²) in [4.78, 5) is 10.6. The highest BCUT2D eigenvalue weighted by Crippen LogP contribution is 2.73. The summed E-state index contributed by atoms with van der Waals surface area (Å²) < 4.78 is 5.12. The second-order valence-corrected chi connectivity index (χ2v) is 5.13. The van der Waals surface area contributed by atoms with E-state index >= 15 is 0 Å². The van der Waals surface area contributed by atoms with Crippen LogP contribution in [0.3, 0.4) is 0 Å². The van der Waals surface area contributed by atoms with Crippen molar-refractivity contribution in [2.75, 3.05) is 0 Å². The summed E-state index contributed by atoms with van der Waals surface area (Å²) in [5.41, 5.74) is 0.157. The Labute approximate surface area is 87.5 Å². The van der Waals surface area contributed by atoms with Crippen molar-refractivity contribution in [3.63, 3.8) is 0 Å². The van der Waals surface area contributed by atoms with Crippen molar-refractivity contribution in [2.24, 2.45) is 10.8 Å². The Kier molecular flexibility index (Phi) is 1.75. The van der Waals surface area contributed by atoms with E-state index in [-0.39, 0.29) is 22.6 Å². The largest absolute Gasteiger partial charge is 0.474 e. The molecule has 82 valence electrons. The molecule has 15 heavy (non-hydrogen) atoms. The first-order chi connectivity index (χ1) is 6.78. The van der Waals surface area contributed by atoms with Crippen LogP contribution in [0.2, 0.25) is 0 Å². The van der Waals surface area contributed by atoms with E-state index in [0.717, 1.165) is 0 Å². The number of hydrogen-bond acceptors (Lipinski definition) is 4. The zero-order chi connectivity index (χ0) is 11.4. The van der Waals surface area contributed by atoms with E-state index in [4.69, 9.17) is 9.52 Å². The van der Waals surface area contributed by atoms with Crippen LogP contribution < -0.4 is 0 Å². The van der Waals surface area contributed by atoms with Crippen LogP contribution in [0.4, 0.5) is 0 Å². The van der Waals surface area contributed by atoms with Crippen LogP contribution in [-0.4, -0.2) is 21.3 Å². The van der Waals surface area contributed by atoms with Crippen LogP contribution >= 0.6 is 0 Å². The molecule has 0 unspecified atom stereocenters. The average molecular weight is 210 g/mol. The Hall–Kier alpha value is -1.39. The molecule has 0 spiro atoms. The van der Waals surface area contributed by atoms with E-state index in [9.17, 15) is 4.79 Å². The lowest BCUT2D eigenvalue weighted by Gasteiger charge is -2.03. The van der Waals surface area contributed by atoms with Gasteiger partial charge in [-0.15, -0.1) is 10.2 Å². The smallest absolute Gasteiger partial charge is 0.393 e. The first kappa shape index (κ1) is 10.1. The zero-order valence-corrected chi connectivity index (χ0v) is 9.24. The quantitative estimate of drug-likeness (QED) is 0.806. The van der Waals surface area contributed by atoms with Crippen molar-refractivity contribution in [2.45, 2.75) is 33.6 Å². The van der Waals surface area contributed by atoms with Crippen molar-refractivity contribution in [1.82, 2.24) is 10.2 Å². The van der Waals surface area contributed by atoms with E-state index in [2.05, 4.69) is 37.9 Å². The Balaban J connectivity index is 2.30. The molecule has 0 radical (unpaired) electrons. The number of rotatable bonds is 2. The first-order valence-electron chi connectivity index (χ1n) is 4.85. The van der Waals surface area contributed by atoms with E-state index in [1.807, 2.05) is 0 Å². The van der Waals surface area contributed by atoms with Gasteiger partial charge in [0.05, 0.1) is 0 Å². The maximum atomic E-state index is 10.6. The minimum Gasteiger partial charge on any atom is -0.474 e. The van der Waals surface area contributed by atoms with Crippen LogP contribution in [0.5, 0.6) is 0 Å². The van der Waals surface area contributed by atoms with Crippen LogP contribution in [0.25, 0.3) is 0 Å². The number of aromatic nitrogens is 2. The molecule has 1 aliphatic rings. The van der Waals surface area contributed by atoms with Crippen LogP contribution in [-0.2, 0) is 0 Å². The van der Waals surface area contributed by atoms with Crippen LogP contribution in [0.15, 0.2) is 4.42 Å². The number of carbonyl (C=O) groups is 1.